The molecule has 0 heterocycles. The summed E-state index contributed by atoms with van der Waals surface area (Å²) in [6.07, 6.45) is 12.2. The Balaban J connectivity index is 1.78. The predicted octanol–water partition coefficient (Wildman–Crippen LogP) is 5.06. The van der Waals surface area contributed by atoms with Crippen molar-refractivity contribution in [2.45, 2.75) is 69.8 Å². The molecule has 0 atom stereocenters. The first-order valence-electron chi connectivity index (χ1n) is 8.21. The highest BCUT2D eigenvalue weighted by atomic mass is 16.5. The third kappa shape index (κ3) is 3.11. The molecular weight excluding hydrogens is 248 g/mol. The van der Waals surface area contributed by atoms with Crippen molar-refractivity contribution in [1.29, 1.82) is 0 Å². The summed E-state index contributed by atoms with van der Waals surface area (Å²) in [5.74, 6) is 2.57. The number of benzene rings is 1. The quantitative estimate of drug-likeness (QED) is 0.763. The molecule has 0 unspecified atom stereocenters. The van der Waals surface area contributed by atoms with E-state index in [0.29, 0.717) is 6.10 Å². The zero-order valence-corrected chi connectivity index (χ0v) is 12.6. The van der Waals surface area contributed by atoms with E-state index in [0.717, 1.165) is 17.4 Å². The fourth-order valence-electron chi connectivity index (χ4n) is 3.66. The van der Waals surface area contributed by atoms with E-state index in [1.165, 1.54) is 63.4 Å². The van der Waals surface area contributed by atoms with E-state index in [-0.39, 0.29) is 0 Å². The van der Waals surface area contributed by atoms with Crippen molar-refractivity contribution in [1.82, 2.24) is 0 Å². The highest BCUT2D eigenvalue weighted by molar-refractivity contribution is 5.44. The summed E-state index contributed by atoms with van der Waals surface area (Å²) in [6.45, 7) is 0. The van der Waals surface area contributed by atoms with Gasteiger partial charge in [0.2, 0.25) is 0 Å². The average molecular weight is 274 g/mol. The van der Waals surface area contributed by atoms with E-state index >= 15 is 0 Å². The van der Waals surface area contributed by atoms with E-state index in [1.807, 2.05) is 0 Å². The summed E-state index contributed by atoms with van der Waals surface area (Å²) in [6, 6.07) is 6.57. The van der Waals surface area contributed by atoms with Crippen LogP contribution in [0.4, 0.5) is 0 Å². The molecule has 3 rings (SSSR count). The third-order valence-corrected chi connectivity index (χ3v) is 4.86. The molecule has 2 nitrogen and oxygen atoms in total. The zero-order valence-electron chi connectivity index (χ0n) is 12.6. The van der Waals surface area contributed by atoms with Gasteiger partial charge in [0.25, 0.3) is 0 Å². The minimum absolute atomic E-state index is 0.394. The van der Waals surface area contributed by atoms with Gasteiger partial charge >= 0.3 is 0 Å². The van der Waals surface area contributed by atoms with Gasteiger partial charge in [0, 0.05) is 0 Å². The molecule has 0 spiro atoms. The molecule has 1 aromatic carbocycles. The molecule has 0 amide bonds. The molecule has 0 aliphatic heterocycles. The lowest BCUT2D eigenvalue weighted by Crippen LogP contribution is -2.12. The zero-order chi connectivity index (χ0) is 13.8. The largest absolute Gasteiger partial charge is 0.493 e. The molecule has 0 aromatic heterocycles. The van der Waals surface area contributed by atoms with E-state index < -0.39 is 0 Å². The third-order valence-electron chi connectivity index (χ3n) is 4.86. The molecule has 2 aliphatic carbocycles. The van der Waals surface area contributed by atoms with Crippen LogP contribution in [0.5, 0.6) is 11.5 Å². The Morgan fingerprint density at radius 2 is 1.55 bits per heavy atom. The second-order valence-corrected chi connectivity index (χ2v) is 6.27. The van der Waals surface area contributed by atoms with Crippen molar-refractivity contribution in [2.24, 2.45) is 0 Å². The molecule has 20 heavy (non-hydrogen) atoms. The van der Waals surface area contributed by atoms with Crippen LogP contribution in [0.25, 0.3) is 0 Å². The van der Waals surface area contributed by atoms with Crippen LogP contribution in [0.3, 0.4) is 0 Å². The fraction of sp³-hybridized carbons (Fsp3) is 0.667. The monoisotopic (exact) mass is 274 g/mol. The van der Waals surface area contributed by atoms with E-state index in [1.54, 1.807) is 7.11 Å². The molecule has 2 fully saturated rings. The van der Waals surface area contributed by atoms with Crippen LogP contribution >= 0.6 is 0 Å². The van der Waals surface area contributed by atoms with Crippen LogP contribution < -0.4 is 9.47 Å². The maximum absolute atomic E-state index is 6.20. The lowest BCUT2D eigenvalue weighted by molar-refractivity contribution is 0.200. The normalized spacial score (nSPS) is 21.1. The van der Waals surface area contributed by atoms with Gasteiger partial charge in [0.15, 0.2) is 11.5 Å². The van der Waals surface area contributed by atoms with Crippen LogP contribution in [0.2, 0.25) is 0 Å². The van der Waals surface area contributed by atoms with Crippen LogP contribution in [-0.4, -0.2) is 13.2 Å². The maximum atomic E-state index is 6.20. The van der Waals surface area contributed by atoms with Gasteiger partial charge in [-0.3, -0.25) is 0 Å². The molecule has 0 radical (unpaired) electrons. The van der Waals surface area contributed by atoms with Crippen molar-refractivity contribution in [3.8, 4) is 11.5 Å². The van der Waals surface area contributed by atoms with Crippen LogP contribution in [-0.2, 0) is 0 Å². The first-order valence-corrected chi connectivity index (χ1v) is 8.21. The summed E-state index contributed by atoms with van der Waals surface area (Å²) in [7, 11) is 1.73. The first kappa shape index (κ1) is 13.8. The van der Waals surface area contributed by atoms with Gasteiger partial charge in [-0.1, -0.05) is 25.3 Å². The van der Waals surface area contributed by atoms with E-state index in [4.69, 9.17) is 9.47 Å². The number of rotatable bonds is 4. The highest BCUT2D eigenvalue weighted by Crippen LogP contribution is 2.38. The summed E-state index contributed by atoms with van der Waals surface area (Å²) in [5.41, 5.74) is 1.44. The number of ether oxygens (including phenoxy) is 2. The second-order valence-electron chi connectivity index (χ2n) is 6.27. The molecule has 0 bridgehead atoms. The van der Waals surface area contributed by atoms with Gasteiger partial charge in [-0.2, -0.15) is 0 Å². The minimum atomic E-state index is 0.394. The Hall–Kier alpha value is -1.18. The summed E-state index contributed by atoms with van der Waals surface area (Å²) >= 11 is 0. The van der Waals surface area contributed by atoms with Gasteiger partial charge in [0.1, 0.15) is 0 Å². The van der Waals surface area contributed by atoms with Gasteiger partial charge in [-0.05, 0) is 62.1 Å². The molecular formula is C18H26O2. The second kappa shape index (κ2) is 6.51. The number of methoxy groups -OCH3 is 1. The molecule has 110 valence electrons. The molecule has 2 aliphatic rings. The predicted molar refractivity (Wildman–Crippen MR) is 81.7 cm³/mol. The van der Waals surface area contributed by atoms with Crippen molar-refractivity contribution in [2.75, 3.05) is 7.11 Å². The molecule has 0 saturated heterocycles. The topological polar surface area (TPSA) is 18.5 Å². The Kier molecular flexibility index (Phi) is 4.49. The Labute approximate surface area is 122 Å². The van der Waals surface area contributed by atoms with Crippen molar-refractivity contribution < 1.29 is 9.47 Å². The van der Waals surface area contributed by atoms with E-state index in [9.17, 15) is 0 Å². The number of hydrogen-bond donors (Lipinski definition) is 0. The Morgan fingerprint density at radius 3 is 2.25 bits per heavy atom. The number of hydrogen-bond acceptors (Lipinski definition) is 2. The molecule has 1 aromatic rings. The first-order chi connectivity index (χ1) is 9.86. The molecule has 2 saturated carbocycles. The molecule has 0 N–H and O–H groups in total. The minimum Gasteiger partial charge on any atom is -0.493 e. The summed E-state index contributed by atoms with van der Waals surface area (Å²) in [5, 5.41) is 0. The highest BCUT2D eigenvalue weighted by Gasteiger charge is 2.21. The SMILES string of the molecule is COc1ccc(C2CCCCC2)cc1OC1CCCC1. The summed E-state index contributed by atoms with van der Waals surface area (Å²) in [4.78, 5) is 0. The van der Waals surface area contributed by atoms with Gasteiger partial charge in [-0.15, -0.1) is 0 Å². The smallest absolute Gasteiger partial charge is 0.161 e. The van der Waals surface area contributed by atoms with E-state index in [2.05, 4.69) is 18.2 Å². The summed E-state index contributed by atoms with van der Waals surface area (Å²) < 4.78 is 11.7. The van der Waals surface area contributed by atoms with Crippen molar-refractivity contribution in [3.63, 3.8) is 0 Å². The van der Waals surface area contributed by atoms with Gasteiger partial charge in [-0.25, -0.2) is 0 Å². The van der Waals surface area contributed by atoms with Crippen molar-refractivity contribution >= 4 is 0 Å². The van der Waals surface area contributed by atoms with Crippen molar-refractivity contribution in [3.05, 3.63) is 23.8 Å². The lowest BCUT2D eigenvalue weighted by atomic mass is 9.84. The Morgan fingerprint density at radius 1 is 0.850 bits per heavy atom. The van der Waals surface area contributed by atoms with Crippen LogP contribution in [0.1, 0.15) is 69.3 Å². The lowest BCUT2D eigenvalue weighted by Gasteiger charge is -2.23. The average Bonchev–Trinajstić information content (AvgIpc) is 3.01. The van der Waals surface area contributed by atoms with Gasteiger partial charge < -0.3 is 9.47 Å². The fourth-order valence-corrected chi connectivity index (χ4v) is 3.66. The standard InChI is InChI=1S/C18H26O2/c1-19-17-12-11-15(14-7-3-2-4-8-14)13-18(17)20-16-9-5-6-10-16/h11-14,16H,2-10H2,1H3. The Bertz CT molecular complexity index is 429. The van der Waals surface area contributed by atoms with Gasteiger partial charge in [0.05, 0.1) is 13.2 Å². The van der Waals surface area contributed by atoms with Crippen LogP contribution in [0, 0.1) is 0 Å². The van der Waals surface area contributed by atoms with Crippen LogP contribution in [0.15, 0.2) is 18.2 Å². The molecule has 2 heteroatoms. The maximum Gasteiger partial charge on any atom is 0.161 e.